The SMILES string of the molecule is Cc1cc(CC(N)=O)ccc1CO. The number of amides is 1. The molecule has 1 aromatic rings. The second-order valence-electron chi connectivity index (χ2n) is 3.06. The van der Waals surface area contributed by atoms with Crippen LogP contribution < -0.4 is 5.73 Å². The van der Waals surface area contributed by atoms with Gasteiger partial charge >= 0.3 is 0 Å². The molecular formula is C10H13NO2. The highest BCUT2D eigenvalue weighted by Crippen LogP contribution is 2.11. The summed E-state index contributed by atoms with van der Waals surface area (Å²) in [6.45, 7) is 1.93. The van der Waals surface area contributed by atoms with Crippen molar-refractivity contribution in [2.45, 2.75) is 20.0 Å². The van der Waals surface area contributed by atoms with E-state index in [4.69, 9.17) is 10.8 Å². The van der Waals surface area contributed by atoms with Crippen molar-refractivity contribution >= 4 is 5.91 Å². The summed E-state index contributed by atoms with van der Waals surface area (Å²) in [5.74, 6) is -0.337. The first-order valence-electron chi connectivity index (χ1n) is 4.11. The number of aliphatic hydroxyl groups excluding tert-OH is 1. The number of hydrogen-bond acceptors (Lipinski definition) is 2. The Balaban J connectivity index is 2.89. The lowest BCUT2D eigenvalue weighted by molar-refractivity contribution is -0.117. The van der Waals surface area contributed by atoms with Gasteiger partial charge in [-0.1, -0.05) is 18.2 Å². The normalized spacial score (nSPS) is 10.0. The van der Waals surface area contributed by atoms with Gasteiger partial charge in [-0.05, 0) is 23.6 Å². The van der Waals surface area contributed by atoms with E-state index in [0.29, 0.717) is 0 Å². The molecule has 3 N–H and O–H groups in total. The van der Waals surface area contributed by atoms with E-state index in [1.807, 2.05) is 25.1 Å². The number of hydrogen-bond donors (Lipinski definition) is 2. The molecule has 0 unspecified atom stereocenters. The molecule has 0 spiro atoms. The number of carbonyl (C=O) groups excluding carboxylic acids is 1. The van der Waals surface area contributed by atoms with Gasteiger partial charge in [0.2, 0.25) is 5.91 Å². The standard InChI is InChI=1S/C10H13NO2/c1-7-4-8(5-10(11)13)2-3-9(7)6-12/h2-4,12H,5-6H2,1H3,(H2,11,13). The van der Waals surface area contributed by atoms with Crippen molar-refractivity contribution in [1.82, 2.24) is 0 Å². The van der Waals surface area contributed by atoms with Crippen LogP contribution in [0.1, 0.15) is 16.7 Å². The van der Waals surface area contributed by atoms with Gasteiger partial charge in [0.05, 0.1) is 13.0 Å². The van der Waals surface area contributed by atoms with E-state index in [0.717, 1.165) is 16.7 Å². The minimum absolute atomic E-state index is 0.0304. The van der Waals surface area contributed by atoms with E-state index >= 15 is 0 Å². The van der Waals surface area contributed by atoms with Crippen LogP contribution in [-0.2, 0) is 17.8 Å². The zero-order chi connectivity index (χ0) is 9.84. The van der Waals surface area contributed by atoms with E-state index < -0.39 is 0 Å². The molecule has 0 fully saturated rings. The van der Waals surface area contributed by atoms with Crippen molar-refractivity contribution in [3.63, 3.8) is 0 Å². The highest BCUT2D eigenvalue weighted by molar-refractivity contribution is 5.76. The molecule has 0 bridgehead atoms. The molecule has 1 rings (SSSR count). The lowest BCUT2D eigenvalue weighted by Gasteiger charge is -2.04. The number of primary amides is 1. The van der Waals surface area contributed by atoms with Gasteiger partial charge in [-0.3, -0.25) is 4.79 Å². The van der Waals surface area contributed by atoms with Crippen LogP contribution in [0.15, 0.2) is 18.2 Å². The van der Waals surface area contributed by atoms with Gasteiger partial charge in [0, 0.05) is 0 Å². The third kappa shape index (κ3) is 2.56. The largest absolute Gasteiger partial charge is 0.392 e. The molecular weight excluding hydrogens is 166 g/mol. The summed E-state index contributed by atoms with van der Waals surface area (Å²) in [5.41, 5.74) is 7.82. The number of rotatable bonds is 3. The Bertz CT molecular complexity index is 321. The van der Waals surface area contributed by atoms with Gasteiger partial charge < -0.3 is 10.8 Å². The maximum atomic E-state index is 10.6. The summed E-state index contributed by atoms with van der Waals surface area (Å²) in [7, 11) is 0. The molecule has 0 aliphatic heterocycles. The average molecular weight is 179 g/mol. The van der Waals surface area contributed by atoms with Gasteiger partial charge in [-0.2, -0.15) is 0 Å². The Morgan fingerprint density at radius 2 is 2.23 bits per heavy atom. The molecule has 0 aromatic heterocycles. The fraction of sp³-hybridized carbons (Fsp3) is 0.300. The molecule has 0 aliphatic rings. The van der Waals surface area contributed by atoms with E-state index in [2.05, 4.69) is 0 Å². The van der Waals surface area contributed by atoms with Gasteiger partial charge in [0.25, 0.3) is 0 Å². The Kier molecular flexibility index (Phi) is 3.03. The van der Waals surface area contributed by atoms with Crippen LogP contribution in [0, 0.1) is 6.92 Å². The summed E-state index contributed by atoms with van der Waals surface area (Å²) in [5, 5.41) is 8.90. The molecule has 13 heavy (non-hydrogen) atoms. The quantitative estimate of drug-likeness (QED) is 0.710. The summed E-state index contributed by atoms with van der Waals surface area (Å²) >= 11 is 0. The van der Waals surface area contributed by atoms with Crippen LogP contribution in [-0.4, -0.2) is 11.0 Å². The fourth-order valence-electron chi connectivity index (χ4n) is 1.25. The topological polar surface area (TPSA) is 63.3 Å². The van der Waals surface area contributed by atoms with Crippen LogP contribution in [0.2, 0.25) is 0 Å². The smallest absolute Gasteiger partial charge is 0.221 e. The van der Waals surface area contributed by atoms with Crippen LogP contribution in [0.4, 0.5) is 0 Å². The van der Waals surface area contributed by atoms with Crippen molar-refractivity contribution in [2.75, 3.05) is 0 Å². The maximum Gasteiger partial charge on any atom is 0.221 e. The van der Waals surface area contributed by atoms with E-state index in [-0.39, 0.29) is 18.9 Å². The lowest BCUT2D eigenvalue weighted by atomic mass is 10.0. The third-order valence-electron chi connectivity index (χ3n) is 1.96. The number of carbonyl (C=O) groups is 1. The second-order valence-corrected chi connectivity index (χ2v) is 3.06. The van der Waals surface area contributed by atoms with Crippen LogP contribution in [0.5, 0.6) is 0 Å². The summed E-state index contributed by atoms with van der Waals surface area (Å²) < 4.78 is 0. The Labute approximate surface area is 77.2 Å². The molecule has 0 heterocycles. The van der Waals surface area contributed by atoms with Crippen LogP contribution in [0.3, 0.4) is 0 Å². The number of benzene rings is 1. The molecule has 1 aromatic carbocycles. The summed E-state index contributed by atoms with van der Waals surface area (Å²) in [6, 6.07) is 5.49. The van der Waals surface area contributed by atoms with Crippen molar-refractivity contribution < 1.29 is 9.90 Å². The van der Waals surface area contributed by atoms with E-state index in [1.165, 1.54) is 0 Å². The fourth-order valence-corrected chi connectivity index (χ4v) is 1.25. The van der Waals surface area contributed by atoms with Crippen LogP contribution >= 0.6 is 0 Å². The molecule has 0 saturated carbocycles. The van der Waals surface area contributed by atoms with Crippen molar-refractivity contribution in [3.05, 3.63) is 34.9 Å². The molecule has 1 amide bonds. The summed E-state index contributed by atoms with van der Waals surface area (Å²) in [4.78, 5) is 10.6. The number of nitrogens with two attached hydrogens (primary N) is 1. The lowest BCUT2D eigenvalue weighted by Crippen LogP contribution is -2.13. The van der Waals surface area contributed by atoms with Gasteiger partial charge in [-0.15, -0.1) is 0 Å². The zero-order valence-corrected chi connectivity index (χ0v) is 7.58. The molecule has 0 saturated heterocycles. The molecule has 0 aliphatic carbocycles. The molecule has 0 atom stereocenters. The maximum absolute atomic E-state index is 10.6. The highest BCUT2D eigenvalue weighted by atomic mass is 16.3. The molecule has 70 valence electrons. The summed E-state index contributed by atoms with van der Waals surface area (Å²) in [6.07, 6.45) is 0.256. The molecule has 3 nitrogen and oxygen atoms in total. The first kappa shape index (κ1) is 9.74. The van der Waals surface area contributed by atoms with Gasteiger partial charge in [0.1, 0.15) is 0 Å². The Hall–Kier alpha value is -1.35. The Morgan fingerprint density at radius 1 is 1.54 bits per heavy atom. The van der Waals surface area contributed by atoms with Crippen molar-refractivity contribution in [2.24, 2.45) is 5.73 Å². The monoisotopic (exact) mass is 179 g/mol. The predicted octanol–water partition coefficient (Wildman–Crippen LogP) is 0.515. The van der Waals surface area contributed by atoms with Crippen molar-refractivity contribution in [3.8, 4) is 0 Å². The molecule has 3 heteroatoms. The number of aliphatic hydroxyl groups is 1. The first-order chi connectivity index (χ1) is 6.13. The van der Waals surface area contributed by atoms with E-state index in [1.54, 1.807) is 0 Å². The minimum atomic E-state index is -0.337. The van der Waals surface area contributed by atoms with Crippen molar-refractivity contribution in [1.29, 1.82) is 0 Å². The zero-order valence-electron chi connectivity index (χ0n) is 7.58. The van der Waals surface area contributed by atoms with E-state index in [9.17, 15) is 4.79 Å². The Morgan fingerprint density at radius 3 is 2.69 bits per heavy atom. The second kappa shape index (κ2) is 4.05. The first-order valence-corrected chi connectivity index (χ1v) is 4.11. The number of aryl methyl sites for hydroxylation is 1. The highest BCUT2D eigenvalue weighted by Gasteiger charge is 2.01. The molecule has 0 radical (unpaired) electrons. The van der Waals surface area contributed by atoms with Crippen LogP contribution in [0.25, 0.3) is 0 Å². The van der Waals surface area contributed by atoms with Gasteiger partial charge in [-0.25, -0.2) is 0 Å². The average Bonchev–Trinajstić information content (AvgIpc) is 2.03. The minimum Gasteiger partial charge on any atom is -0.392 e. The van der Waals surface area contributed by atoms with Gasteiger partial charge in [0.15, 0.2) is 0 Å². The third-order valence-corrected chi connectivity index (χ3v) is 1.96. The predicted molar refractivity (Wildman–Crippen MR) is 50.0 cm³/mol.